The molecular formula is C15H17N3S2. The van der Waals surface area contributed by atoms with Crippen LogP contribution in [0.5, 0.6) is 0 Å². The van der Waals surface area contributed by atoms with Gasteiger partial charge in [0.05, 0.1) is 11.7 Å². The van der Waals surface area contributed by atoms with E-state index in [0.717, 1.165) is 17.9 Å². The second-order valence-corrected chi connectivity index (χ2v) is 6.80. The monoisotopic (exact) mass is 303 g/mol. The highest BCUT2D eigenvalue weighted by atomic mass is 32.1. The molecule has 0 radical (unpaired) electrons. The lowest BCUT2D eigenvalue weighted by Crippen LogP contribution is -2.10. The summed E-state index contributed by atoms with van der Waals surface area (Å²) in [5, 5.41) is 5.41. The molecule has 3 rings (SSSR count). The Bertz CT molecular complexity index is 675. The molecule has 104 valence electrons. The van der Waals surface area contributed by atoms with Crippen molar-refractivity contribution in [3.8, 4) is 11.4 Å². The second-order valence-electron chi connectivity index (χ2n) is 4.79. The lowest BCUT2D eigenvalue weighted by atomic mass is 10.2. The minimum Gasteiger partial charge on any atom is -0.321 e. The zero-order valence-electron chi connectivity index (χ0n) is 11.8. The van der Waals surface area contributed by atoms with Crippen LogP contribution < -0.4 is 0 Å². The number of hydrogen-bond acceptors (Lipinski definition) is 4. The molecule has 3 aromatic heterocycles. The third kappa shape index (κ3) is 2.31. The van der Waals surface area contributed by atoms with Crippen molar-refractivity contribution < 1.29 is 0 Å². The van der Waals surface area contributed by atoms with Gasteiger partial charge in [0.15, 0.2) is 0 Å². The number of hydrogen-bond donors (Lipinski definition) is 0. The van der Waals surface area contributed by atoms with E-state index in [2.05, 4.69) is 53.3 Å². The average Bonchev–Trinajstić information content (AvgIpc) is 3.13. The van der Waals surface area contributed by atoms with Crippen LogP contribution >= 0.6 is 22.7 Å². The number of aromatic nitrogens is 3. The molecule has 1 atom stereocenters. The predicted molar refractivity (Wildman–Crippen MR) is 85.6 cm³/mol. The molecule has 0 aliphatic carbocycles. The highest BCUT2D eigenvalue weighted by Gasteiger charge is 2.20. The molecule has 0 saturated heterocycles. The third-order valence-electron chi connectivity index (χ3n) is 3.50. The molecule has 0 fully saturated rings. The van der Waals surface area contributed by atoms with Crippen LogP contribution in [0.2, 0.25) is 0 Å². The summed E-state index contributed by atoms with van der Waals surface area (Å²) in [6.45, 7) is 6.42. The maximum absolute atomic E-state index is 4.73. The van der Waals surface area contributed by atoms with Crippen LogP contribution in [0.15, 0.2) is 29.2 Å². The van der Waals surface area contributed by atoms with E-state index in [0.29, 0.717) is 0 Å². The fourth-order valence-electron chi connectivity index (χ4n) is 2.31. The Labute approximate surface area is 127 Å². The molecule has 0 N–H and O–H groups in total. The van der Waals surface area contributed by atoms with Crippen molar-refractivity contribution in [2.24, 2.45) is 0 Å². The maximum Gasteiger partial charge on any atom is 0.141 e. The molecule has 0 saturated carbocycles. The van der Waals surface area contributed by atoms with Crippen molar-refractivity contribution in [1.29, 1.82) is 0 Å². The summed E-state index contributed by atoms with van der Waals surface area (Å²) < 4.78 is 2.25. The Hall–Kier alpha value is -1.46. The average molecular weight is 303 g/mol. The van der Waals surface area contributed by atoms with Gasteiger partial charge in [-0.2, -0.15) is 11.3 Å². The van der Waals surface area contributed by atoms with E-state index in [1.54, 1.807) is 22.7 Å². The van der Waals surface area contributed by atoms with Gasteiger partial charge in [-0.3, -0.25) is 0 Å². The first-order valence-corrected chi connectivity index (χ1v) is 8.46. The molecular weight excluding hydrogens is 286 g/mol. The molecule has 0 aliphatic heterocycles. The first-order chi connectivity index (χ1) is 9.70. The van der Waals surface area contributed by atoms with E-state index in [9.17, 15) is 0 Å². The zero-order valence-corrected chi connectivity index (χ0v) is 13.5. The van der Waals surface area contributed by atoms with Crippen molar-refractivity contribution in [1.82, 2.24) is 14.5 Å². The summed E-state index contributed by atoms with van der Waals surface area (Å²) >= 11 is 3.50. The van der Waals surface area contributed by atoms with Crippen LogP contribution in [0.1, 0.15) is 35.0 Å². The zero-order chi connectivity index (χ0) is 14.1. The van der Waals surface area contributed by atoms with E-state index in [4.69, 9.17) is 4.98 Å². The molecule has 3 heterocycles. The van der Waals surface area contributed by atoms with Crippen molar-refractivity contribution in [3.05, 3.63) is 44.8 Å². The summed E-state index contributed by atoms with van der Waals surface area (Å²) in [7, 11) is 0. The fourth-order valence-corrected chi connectivity index (χ4v) is 4.05. The Kier molecular flexibility index (Phi) is 3.72. The van der Waals surface area contributed by atoms with Gasteiger partial charge in [-0.1, -0.05) is 6.92 Å². The van der Waals surface area contributed by atoms with Gasteiger partial charge in [-0.05, 0) is 31.7 Å². The molecule has 0 aromatic carbocycles. The molecule has 3 aromatic rings. The molecule has 5 heteroatoms. The van der Waals surface area contributed by atoms with Crippen LogP contribution in [0.25, 0.3) is 11.4 Å². The van der Waals surface area contributed by atoms with Crippen molar-refractivity contribution in [3.63, 3.8) is 0 Å². The van der Waals surface area contributed by atoms with Crippen LogP contribution in [0, 0.1) is 13.8 Å². The number of thiophene rings is 1. The summed E-state index contributed by atoms with van der Waals surface area (Å²) in [5.41, 5.74) is 2.32. The van der Waals surface area contributed by atoms with E-state index in [1.165, 1.54) is 15.4 Å². The highest BCUT2D eigenvalue weighted by Crippen LogP contribution is 2.32. The summed E-state index contributed by atoms with van der Waals surface area (Å²) in [4.78, 5) is 10.6. The molecule has 20 heavy (non-hydrogen) atoms. The van der Waals surface area contributed by atoms with Gasteiger partial charge >= 0.3 is 0 Å². The molecule has 0 unspecified atom stereocenters. The normalized spacial score (nSPS) is 12.8. The Balaban J connectivity index is 2.04. The molecule has 3 nitrogen and oxygen atoms in total. The van der Waals surface area contributed by atoms with E-state index in [-0.39, 0.29) is 6.04 Å². The molecule has 0 amide bonds. The minimum atomic E-state index is 0.268. The van der Waals surface area contributed by atoms with E-state index >= 15 is 0 Å². The van der Waals surface area contributed by atoms with E-state index in [1.807, 2.05) is 6.20 Å². The largest absolute Gasteiger partial charge is 0.321 e. The van der Waals surface area contributed by atoms with Crippen LogP contribution in [0.4, 0.5) is 0 Å². The van der Waals surface area contributed by atoms with Gasteiger partial charge in [0, 0.05) is 28.2 Å². The van der Waals surface area contributed by atoms with Gasteiger partial charge < -0.3 is 4.57 Å². The van der Waals surface area contributed by atoms with Crippen molar-refractivity contribution >= 4 is 22.7 Å². The third-order valence-corrected chi connectivity index (χ3v) is 5.36. The highest BCUT2D eigenvalue weighted by molar-refractivity contribution is 7.11. The van der Waals surface area contributed by atoms with Gasteiger partial charge in [-0.15, -0.1) is 11.3 Å². The van der Waals surface area contributed by atoms with Gasteiger partial charge in [0.2, 0.25) is 0 Å². The number of rotatable bonds is 4. The van der Waals surface area contributed by atoms with Crippen LogP contribution in [-0.2, 0) is 0 Å². The fraction of sp³-hybridized carbons (Fsp3) is 0.333. The van der Waals surface area contributed by atoms with Crippen molar-refractivity contribution in [2.75, 3.05) is 0 Å². The number of nitrogens with zero attached hydrogens (tertiary/aromatic N) is 3. The van der Waals surface area contributed by atoms with Gasteiger partial charge in [0.1, 0.15) is 10.8 Å². The SMILES string of the molecule is CC[C@@H](c1nc(C)c(C)s1)n1ccnc1-c1ccsc1. The second kappa shape index (κ2) is 5.50. The standard InChI is InChI=1S/C15H17N3S2/c1-4-13(15-17-10(2)11(3)20-15)18-7-6-16-14(18)12-5-8-19-9-12/h5-9,13H,4H2,1-3H3/t13-/m0/s1. The Morgan fingerprint density at radius 1 is 1.35 bits per heavy atom. The first kappa shape index (κ1) is 13.5. The van der Waals surface area contributed by atoms with Gasteiger partial charge in [-0.25, -0.2) is 9.97 Å². The van der Waals surface area contributed by atoms with E-state index < -0.39 is 0 Å². The molecule has 0 bridgehead atoms. The number of thiazole rings is 1. The minimum absolute atomic E-state index is 0.268. The number of aryl methyl sites for hydroxylation is 2. The van der Waals surface area contributed by atoms with Crippen LogP contribution in [-0.4, -0.2) is 14.5 Å². The quantitative estimate of drug-likeness (QED) is 0.700. The summed E-state index contributed by atoms with van der Waals surface area (Å²) in [6, 6.07) is 2.39. The Morgan fingerprint density at radius 3 is 2.80 bits per heavy atom. The topological polar surface area (TPSA) is 30.7 Å². The maximum atomic E-state index is 4.73. The van der Waals surface area contributed by atoms with Crippen LogP contribution in [0.3, 0.4) is 0 Å². The molecule has 0 spiro atoms. The summed E-state index contributed by atoms with van der Waals surface area (Å²) in [5.74, 6) is 1.03. The number of imidazole rings is 1. The van der Waals surface area contributed by atoms with Gasteiger partial charge in [0.25, 0.3) is 0 Å². The van der Waals surface area contributed by atoms with Crippen molar-refractivity contribution in [2.45, 2.75) is 33.2 Å². The Morgan fingerprint density at radius 2 is 2.20 bits per heavy atom. The lowest BCUT2D eigenvalue weighted by molar-refractivity contribution is 0.568. The first-order valence-electron chi connectivity index (χ1n) is 6.70. The lowest BCUT2D eigenvalue weighted by Gasteiger charge is -2.16. The smallest absolute Gasteiger partial charge is 0.141 e. The molecule has 0 aliphatic rings. The predicted octanol–water partition coefficient (Wildman–Crippen LogP) is 4.68. The summed E-state index contributed by atoms with van der Waals surface area (Å²) in [6.07, 6.45) is 4.95.